The normalized spacial score (nSPS) is 10.7. The van der Waals surface area contributed by atoms with Crippen LogP contribution in [0.5, 0.6) is 0 Å². The van der Waals surface area contributed by atoms with Gasteiger partial charge in [0.1, 0.15) is 0 Å². The Morgan fingerprint density at radius 1 is 1.60 bits per heavy atom. The summed E-state index contributed by atoms with van der Waals surface area (Å²) in [5, 5.41) is 12.3. The van der Waals surface area contributed by atoms with Crippen LogP contribution in [0.4, 0.5) is 0 Å². The summed E-state index contributed by atoms with van der Waals surface area (Å²) >= 11 is 0. The van der Waals surface area contributed by atoms with Crippen molar-refractivity contribution in [2.24, 2.45) is 0 Å². The van der Waals surface area contributed by atoms with Gasteiger partial charge in [0.2, 0.25) is 0 Å². The van der Waals surface area contributed by atoms with Crippen molar-refractivity contribution in [1.29, 1.82) is 0 Å². The van der Waals surface area contributed by atoms with Crippen molar-refractivity contribution in [2.75, 3.05) is 0 Å². The maximum absolute atomic E-state index is 11.2. The molecule has 7 nitrogen and oxygen atoms in total. The molecule has 0 spiro atoms. The zero-order chi connectivity index (χ0) is 10.8. The van der Waals surface area contributed by atoms with Gasteiger partial charge in [-0.25, -0.2) is 9.78 Å². The van der Waals surface area contributed by atoms with E-state index in [0.717, 1.165) is 4.52 Å². The Bertz CT molecular complexity index is 556. The minimum atomic E-state index is -0.890. The van der Waals surface area contributed by atoms with Gasteiger partial charge in [-0.05, 0) is 6.42 Å². The van der Waals surface area contributed by atoms with Crippen LogP contribution in [0.1, 0.15) is 12.0 Å². The first-order valence-corrected chi connectivity index (χ1v) is 4.30. The van der Waals surface area contributed by atoms with E-state index in [2.05, 4.69) is 15.1 Å². The number of fused-ring (bicyclic) bond motifs is 1. The zero-order valence-corrected chi connectivity index (χ0v) is 7.67. The molecule has 0 radical (unpaired) electrons. The molecule has 0 atom stereocenters. The number of aromatic nitrogens is 4. The molecule has 2 rings (SSSR count). The van der Waals surface area contributed by atoms with Crippen molar-refractivity contribution in [3.05, 3.63) is 28.6 Å². The number of nitrogens with zero attached hydrogens (tertiary/aromatic N) is 3. The third-order valence-electron chi connectivity index (χ3n) is 1.99. The third kappa shape index (κ3) is 1.71. The highest BCUT2D eigenvalue weighted by molar-refractivity contribution is 5.67. The van der Waals surface area contributed by atoms with E-state index < -0.39 is 5.97 Å². The number of aromatic amines is 1. The number of rotatable bonds is 3. The average molecular weight is 208 g/mol. The van der Waals surface area contributed by atoms with E-state index in [-0.39, 0.29) is 12.1 Å². The monoisotopic (exact) mass is 208 g/mol. The standard InChI is InChI=1S/C8H8N4O3/c13-6(14)2-1-5-3-11-12-7(5)9-4-10-8(12)15/h3-4H,1-2H2,(H,13,14)(H,9,10,15). The van der Waals surface area contributed by atoms with E-state index in [0.29, 0.717) is 17.6 Å². The Balaban J connectivity index is 2.41. The van der Waals surface area contributed by atoms with Crippen LogP contribution in [-0.2, 0) is 11.2 Å². The quantitative estimate of drug-likeness (QED) is 0.703. The van der Waals surface area contributed by atoms with Gasteiger partial charge >= 0.3 is 11.7 Å². The summed E-state index contributed by atoms with van der Waals surface area (Å²) in [6, 6.07) is 0. The largest absolute Gasteiger partial charge is 0.481 e. The molecule has 0 amide bonds. The predicted octanol–water partition coefficient (Wildman–Crippen LogP) is -0.565. The summed E-state index contributed by atoms with van der Waals surface area (Å²) in [6.45, 7) is 0. The fourth-order valence-corrected chi connectivity index (χ4v) is 1.29. The lowest BCUT2D eigenvalue weighted by Crippen LogP contribution is -2.17. The molecule has 0 fully saturated rings. The minimum Gasteiger partial charge on any atom is -0.481 e. The van der Waals surface area contributed by atoms with E-state index in [1.807, 2.05) is 0 Å². The Hall–Kier alpha value is -2.18. The third-order valence-corrected chi connectivity index (χ3v) is 1.99. The lowest BCUT2D eigenvalue weighted by atomic mass is 10.2. The van der Waals surface area contributed by atoms with Gasteiger partial charge in [-0.3, -0.25) is 9.78 Å². The lowest BCUT2D eigenvalue weighted by molar-refractivity contribution is -0.136. The highest BCUT2D eigenvalue weighted by Crippen LogP contribution is 2.07. The molecule has 0 aromatic carbocycles. The van der Waals surface area contributed by atoms with Crippen LogP contribution in [0.15, 0.2) is 17.3 Å². The van der Waals surface area contributed by atoms with Gasteiger partial charge in [0, 0.05) is 12.0 Å². The first-order chi connectivity index (χ1) is 7.18. The van der Waals surface area contributed by atoms with E-state index in [1.165, 1.54) is 12.5 Å². The second-order valence-corrected chi connectivity index (χ2v) is 3.01. The highest BCUT2D eigenvalue weighted by Gasteiger charge is 2.08. The van der Waals surface area contributed by atoms with E-state index in [9.17, 15) is 9.59 Å². The molecule has 0 bridgehead atoms. The second-order valence-electron chi connectivity index (χ2n) is 3.01. The van der Waals surface area contributed by atoms with Gasteiger partial charge in [-0.1, -0.05) is 0 Å². The molecule has 2 heterocycles. The van der Waals surface area contributed by atoms with Gasteiger partial charge in [0.05, 0.1) is 12.5 Å². The molecule has 78 valence electrons. The Labute approximate surface area is 83.4 Å². The number of aryl methyl sites for hydroxylation is 1. The smallest absolute Gasteiger partial charge is 0.349 e. The molecule has 0 aliphatic heterocycles. The summed E-state index contributed by atoms with van der Waals surface area (Å²) in [4.78, 5) is 27.9. The van der Waals surface area contributed by atoms with Gasteiger partial charge in [-0.15, -0.1) is 0 Å². The van der Waals surface area contributed by atoms with E-state index in [4.69, 9.17) is 5.11 Å². The first kappa shape index (κ1) is 9.38. The molecule has 2 aromatic heterocycles. The van der Waals surface area contributed by atoms with Crippen molar-refractivity contribution in [3.63, 3.8) is 0 Å². The number of hydrogen-bond donors (Lipinski definition) is 2. The van der Waals surface area contributed by atoms with Crippen LogP contribution < -0.4 is 5.69 Å². The van der Waals surface area contributed by atoms with Gasteiger partial charge in [0.25, 0.3) is 0 Å². The van der Waals surface area contributed by atoms with Crippen LogP contribution in [0.25, 0.3) is 5.65 Å². The van der Waals surface area contributed by atoms with Crippen LogP contribution >= 0.6 is 0 Å². The number of nitrogens with one attached hydrogen (secondary N) is 1. The number of hydrogen-bond acceptors (Lipinski definition) is 4. The van der Waals surface area contributed by atoms with Crippen LogP contribution in [-0.4, -0.2) is 30.7 Å². The maximum atomic E-state index is 11.2. The molecule has 0 saturated carbocycles. The Morgan fingerprint density at radius 2 is 2.40 bits per heavy atom. The van der Waals surface area contributed by atoms with Crippen molar-refractivity contribution in [3.8, 4) is 0 Å². The number of carbonyl (C=O) groups is 1. The fourth-order valence-electron chi connectivity index (χ4n) is 1.29. The van der Waals surface area contributed by atoms with Crippen molar-refractivity contribution in [2.45, 2.75) is 12.8 Å². The number of carboxylic acid groups (broad SMARTS) is 1. The molecule has 15 heavy (non-hydrogen) atoms. The van der Waals surface area contributed by atoms with Gasteiger partial charge in [0.15, 0.2) is 5.65 Å². The summed E-state index contributed by atoms with van der Waals surface area (Å²) in [5.74, 6) is -0.890. The first-order valence-electron chi connectivity index (χ1n) is 4.30. The van der Waals surface area contributed by atoms with Crippen LogP contribution in [0.2, 0.25) is 0 Å². The minimum absolute atomic E-state index is 0.00413. The van der Waals surface area contributed by atoms with Gasteiger partial charge < -0.3 is 5.11 Å². The molecule has 7 heteroatoms. The summed E-state index contributed by atoms with van der Waals surface area (Å²) in [6.07, 6.45) is 3.04. The number of aliphatic carboxylic acids is 1. The average Bonchev–Trinajstić information content (AvgIpc) is 2.59. The van der Waals surface area contributed by atoms with E-state index in [1.54, 1.807) is 0 Å². The molecule has 0 aliphatic rings. The highest BCUT2D eigenvalue weighted by atomic mass is 16.4. The molecule has 0 unspecified atom stereocenters. The molecule has 0 saturated heterocycles. The topological polar surface area (TPSA) is 100 Å². The van der Waals surface area contributed by atoms with Crippen molar-refractivity contribution >= 4 is 11.6 Å². The van der Waals surface area contributed by atoms with Crippen LogP contribution in [0.3, 0.4) is 0 Å². The summed E-state index contributed by atoms with van der Waals surface area (Å²) < 4.78 is 1.11. The van der Waals surface area contributed by atoms with E-state index >= 15 is 0 Å². The summed E-state index contributed by atoms with van der Waals surface area (Å²) in [7, 11) is 0. The molecular formula is C8H8N4O3. The zero-order valence-electron chi connectivity index (χ0n) is 7.67. The number of carboxylic acids is 1. The summed E-state index contributed by atoms with van der Waals surface area (Å²) in [5.41, 5.74) is 0.671. The molecule has 2 N–H and O–H groups in total. The maximum Gasteiger partial charge on any atom is 0.349 e. The van der Waals surface area contributed by atoms with Crippen molar-refractivity contribution in [1.82, 2.24) is 19.6 Å². The number of H-pyrrole nitrogens is 1. The van der Waals surface area contributed by atoms with Crippen LogP contribution in [0, 0.1) is 0 Å². The predicted molar refractivity (Wildman–Crippen MR) is 49.6 cm³/mol. The Morgan fingerprint density at radius 3 is 3.13 bits per heavy atom. The molecule has 0 aliphatic carbocycles. The second kappa shape index (κ2) is 3.52. The Kier molecular flexibility index (Phi) is 2.20. The lowest BCUT2D eigenvalue weighted by Gasteiger charge is -1.94. The van der Waals surface area contributed by atoms with Crippen molar-refractivity contribution < 1.29 is 9.90 Å². The molecular weight excluding hydrogens is 200 g/mol. The fraction of sp³-hybridized carbons (Fsp3) is 0.250. The SMILES string of the molecule is O=C(O)CCc1cnn2c(=O)[nH]cnc12. The van der Waals surface area contributed by atoms with Gasteiger partial charge in [-0.2, -0.15) is 9.61 Å². The molecule has 2 aromatic rings.